The summed E-state index contributed by atoms with van der Waals surface area (Å²) in [4.78, 5) is 34.4. The lowest BCUT2D eigenvalue weighted by Gasteiger charge is -2.12. The van der Waals surface area contributed by atoms with Crippen molar-refractivity contribution in [1.82, 2.24) is 10.2 Å². The van der Waals surface area contributed by atoms with E-state index in [1.807, 2.05) is 6.92 Å². The third-order valence-corrected chi connectivity index (χ3v) is 2.06. The van der Waals surface area contributed by atoms with Crippen molar-refractivity contribution in [2.24, 2.45) is 0 Å². The Bertz CT molecular complexity index is 292. The lowest BCUT2D eigenvalue weighted by molar-refractivity contribution is -0.137. The highest BCUT2D eigenvalue weighted by Crippen LogP contribution is 2.05. The van der Waals surface area contributed by atoms with E-state index in [1.54, 1.807) is 0 Å². The molecule has 0 spiro atoms. The molecule has 0 radical (unpaired) electrons. The maximum absolute atomic E-state index is 11.1. The molecule has 0 aromatic carbocycles. The fourth-order valence-electron chi connectivity index (χ4n) is 1.33. The molecule has 1 heterocycles. The molecular weight excluding hydrogens is 196 g/mol. The third kappa shape index (κ3) is 3.19. The molecule has 0 bridgehead atoms. The summed E-state index contributed by atoms with van der Waals surface area (Å²) >= 11 is 0. The summed E-state index contributed by atoms with van der Waals surface area (Å²) in [5.41, 5.74) is 0. The van der Waals surface area contributed by atoms with Gasteiger partial charge in [-0.25, -0.2) is 0 Å². The first-order valence-corrected chi connectivity index (χ1v) is 4.95. The summed E-state index contributed by atoms with van der Waals surface area (Å²) in [6.45, 7) is 2.75. The van der Waals surface area contributed by atoms with Gasteiger partial charge in [0.1, 0.15) is 0 Å². The largest absolute Gasteiger partial charge is 0.356 e. The first kappa shape index (κ1) is 11.4. The zero-order valence-electron chi connectivity index (χ0n) is 8.66. The van der Waals surface area contributed by atoms with Crippen molar-refractivity contribution in [3.8, 4) is 0 Å². The minimum atomic E-state index is -0.295. The number of rotatable bonds is 5. The van der Waals surface area contributed by atoms with Gasteiger partial charge < -0.3 is 5.32 Å². The zero-order valence-corrected chi connectivity index (χ0v) is 8.66. The summed E-state index contributed by atoms with van der Waals surface area (Å²) in [6.07, 6.45) is 3.33. The van der Waals surface area contributed by atoms with Gasteiger partial charge in [0.15, 0.2) is 0 Å². The van der Waals surface area contributed by atoms with Gasteiger partial charge in [-0.15, -0.1) is 0 Å². The van der Waals surface area contributed by atoms with Crippen molar-refractivity contribution in [2.75, 3.05) is 13.1 Å². The van der Waals surface area contributed by atoms with Gasteiger partial charge >= 0.3 is 0 Å². The number of nitrogens with zero attached hydrogens (tertiary/aromatic N) is 1. The number of hydrogen-bond acceptors (Lipinski definition) is 3. The minimum absolute atomic E-state index is 0.0513. The van der Waals surface area contributed by atoms with Crippen LogP contribution in [0, 0.1) is 0 Å². The molecule has 1 N–H and O–H groups in total. The van der Waals surface area contributed by atoms with E-state index in [2.05, 4.69) is 5.32 Å². The Kier molecular flexibility index (Phi) is 4.03. The van der Waals surface area contributed by atoms with Crippen molar-refractivity contribution in [2.45, 2.75) is 19.8 Å². The summed E-state index contributed by atoms with van der Waals surface area (Å²) < 4.78 is 0. The van der Waals surface area contributed by atoms with Crippen molar-refractivity contribution < 1.29 is 14.4 Å². The summed E-state index contributed by atoms with van der Waals surface area (Å²) in [6, 6.07) is 0. The van der Waals surface area contributed by atoms with E-state index in [0.717, 1.165) is 4.90 Å². The van der Waals surface area contributed by atoms with Crippen LogP contribution in [0.25, 0.3) is 0 Å². The molecule has 0 saturated heterocycles. The first-order chi connectivity index (χ1) is 7.15. The van der Waals surface area contributed by atoms with Crippen LogP contribution in [0.2, 0.25) is 0 Å². The fraction of sp³-hybridized carbons (Fsp3) is 0.500. The number of imide groups is 1. The van der Waals surface area contributed by atoms with E-state index < -0.39 is 0 Å². The van der Waals surface area contributed by atoms with Crippen molar-refractivity contribution in [1.29, 1.82) is 0 Å². The van der Waals surface area contributed by atoms with Crippen molar-refractivity contribution in [3.63, 3.8) is 0 Å². The number of amides is 3. The smallest absolute Gasteiger partial charge is 0.253 e. The van der Waals surface area contributed by atoms with Gasteiger partial charge in [-0.2, -0.15) is 0 Å². The SMILES string of the molecule is CCNC(=O)CCCN1C(=O)C=CC1=O. The molecule has 0 atom stereocenters. The lowest BCUT2D eigenvalue weighted by atomic mass is 10.3. The molecule has 3 amide bonds. The van der Waals surface area contributed by atoms with Crippen LogP contribution in [0.5, 0.6) is 0 Å². The number of hydrogen-bond donors (Lipinski definition) is 1. The van der Waals surface area contributed by atoms with Crippen LogP contribution in [0.3, 0.4) is 0 Å². The maximum Gasteiger partial charge on any atom is 0.253 e. The Labute approximate surface area is 88.1 Å². The van der Waals surface area contributed by atoms with Gasteiger partial charge in [0.05, 0.1) is 0 Å². The molecule has 0 saturated carbocycles. The highest BCUT2D eigenvalue weighted by atomic mass is 16.2. The van der Waals surface area contributed by atoms with Crippen molar-refractivity contribution >= 4 is 17.7 Å². The average molecular weight is 210 g/mol. The van der Waals surface area contributed by atoms with Crippen LogP contribution in [-0.4, -0.2) is 35.7 Å². The van der Waals surface area contributed by atoms with Crippen LogP contribution < -0.4 is 5.32 Å². The second-order valence-electron chi connectivity index (χ2n) is 3.22. The Morgan fingerprint density at radius 2 is 1.93 bits per heavy atom. The van der Waals surface area contributed by atoms with Gasteiger partial charge in [-0.05, 0) is 13.3 Å². The molecule has 0 fully saturated rings. The Hall–Kier alpha value is -1.65. The summed E-state index contributed by atoms with van der Waals surface area (Å²) in [5, 5.41) is 2.65. The van der Waals surface area contributed by atoms with Crippen LogP contribution in [0.1, 0.15) is 19.8 Å². The van der Waals surface area contributed by atoms with E-state index in [0.29, 0.717) is 25.9 Å². The third-order valence-electron chi connectivity index (χ3n) is 2.06. The first-order valence-electron chi connectivity index (χ1n) is 4.95. The molecule has 5 heteroatoms. The molecule has 1 aliphatic heterocycles. The number of carbonyl (C=O) groups is 3. The van der Waals surface area contributed by atoms with Gasteiger partial charge in [-0.1, -0.05) is 0 Å². The van der Waals surface area contributed by atoms with Gasteiger partial charge in [0, 0.05) is 31.7 Å². The predicted octanol–water partition coefficient (Wildman–Crippen LogP) is -0.172. The van der Waals surface area contributed by atoms with E-state index in [1.165, 1.54) is 12.2 Å². The highest BCUT2D eigenvalue weighted by molar-refractivity contribution is 6.12. The quantitative estimate of drug-likeness (QED) is 0.640. The second kappa shape index (κ2) is 5.29. The van der Waals surface area contributed by atoms with Gasteiger partial charge in [-0.3, -0.25) is 19.3 Å². The van der Waals surface area contributed by atoms with Crippen LogP contribution >= 0.6 is 0 Å². The molecule has 1 rings (SSSR count). The monoisotopic (exact) mass is 210 g/mol. The van der Waals surface area contributed by atoms with Gasteiger partial charge in [0.2, 0.25) is 5.91 Å². The molecule has 15 heavy (non-hydrogen) atoms. The Balaban J connectivity index is 2.23. The van der Waals surface area contributed by atoms with E-state index in [4.69, 9.17) is 0 Å². The standard InChI is InChI=1S/C10H14N2O3/c1-2-11-8(13)4-3-7-12-9(14)5-6-10(12)15/h5-6H,2-4,7H2,1H3,(H,11,13). The van der Waals surface area contributed by atoms with E-state index >= 15 is 0 Å². The average Bonchev–Trinajstić information content (AvgIpc) is 2.49. The minimum Gasteiger partial charge on any atom is -0.356 e. The number of nitrogens with one attached hydrogen (secondary N) is 1. The van der Waals surface area contributed by atoms with Gasteiger partial charge in [0.25, 0.3) is 11.8 Å². The lowest BCUT2D eigenvalue weighted by Crippen LogP contribution is -2.32. The fourth-order valence-corrected chi connectivity index (χ4v) is 1.33. The van der Waals surface area contributed by atoms with Crippen LogP contribution in [0.4, 0.5) is 0 Å². The second-order valence-corrected chi connectivity index (χ2v) is 3.22. The van der Waals surface area contributed by atoms with Crippen LogP contribution in [0.15, 0.2) is 12.2 Å². The normalized spacial score (nSPS) is 14.9. The highest BCUT2D eigenvalue weighted by Gasteiger charge is 2.22. The topological polar surface area (TPSA) is 66.5 Å². The van der Waals surface area contributed by atoms with Crippen molar-refractivity contribution in [3.05, 3.63) is 12.2 Å². The molecule has 1 aliphatic rings. The number of carbonyl (C=O) groups excluding carboxylic acids is 3. The summed E-state index contributed by atoms with van der Waals surface area (Å²) in [5.74, 6) is -0.642. The molecule has 0 aromatic heterocycles. The molecular formula is C10H14N2O3. The molecule has 5 nitrogen and oxygen atoms in total. The molecule has 0 aromatic rings. The molecule has 0 aliphatic carbocycles. The summed E-state index contributed by atoms with van der Waals surface area (Å²) in [7, 11) is 0. The van der Waals surface area contributed by atoms with E-state index in [-0.39, 0.29) is 17.7 Å². The zero-order chi connectivity index (χ0) is 11.3. The molecule has 82 valence electrons. The Morgan fingerprint density at radius 1 is 1.33 bits per heavy atom. The maximum atomic E-state index is 11.1. The van der Waals surface area contributed by atoms with Crippen LogP contribution in [-0.2, 0) is 14.4 Å². The molecule has 0 unspecified atom stereocenters. The van der Waals surface area contributed by atoms with E-state index in [9.17, 15) is 14.4 Å². The predicted molar refractivity (Wildman–Crippen MR) is 53.8 cm³/mol. The Morgan fingerprint density at radius 3 is 2.47 bits per heavy atom.